The molecule has 0 saturated carbocycles. The molecule has 2 N–H and O–H groups in total. The molecule has 0 bridgehead atoms. The van der Waals surface area contributed by atoms with Gasteiger partial charge in [0.15, 0.2) is 0 Å². The van der Waals surface area contributed by atoms with Crippen LogP contribution in [-0.2, 0) is 0 Å². The van der Waals surface area contributed by atoms with Crippen molar-refractivity contribution in [3.8, 4) is 16.9 Å². The Bertz CT molecular complexity index is 457. The second-order valence-corrected chi connectivity index (χ2v) is 3.05. The Morgan fingerprint density at radius 1 is 1.20 bits per heavy atom. The van der Waals surface area contributed by atoms with Crippen molar-refractivity contribution in [2.45, 2.75) is 0 Å². The first-order valence-corrected chi connectivity index (χ1v) is 4.51. The Morgan fingerprint density at radius 2 is 2.07 bits per heavy atom. The van der Waals surface area contributed by atoms with Crippen molar-refractivity contribution in [2.24, 2.45) is 0 Å². The Kier molecular flexibility index (Phi) is 2.49. The Morgan fingerprint density at radius 3 is 2.73 bits per heavy atom. The quantitative estimate of drug-likeness (QED) is 0.803. The fourth-order valence-corrected chi connectivity index (χ4v) is 1.43. The van der Waals surface area contributed by atoms with Crippen LogP contribution in [0.1, 0.15) is 0 Å². The zero-order chi connectivity index (χ0) is 10.7. The van der Waals surface area contributed by atoms with E-state index in [0.717, 1.165) is 11.1 Å². The lowest BCUT2D eigenvalue weighted by Crippen LogP contribution is -1.96. The predicted octanol–water partition coefficient (Wildman–Crippen LogP) is 1.73. The third kappa shape index (κ3) is 1.74. The Balaban J connectivity index is 2.61. The van der Waals surface area contributed by atoms with Crippen LogP contribution in [0.2, 0.25) is 0 Å². The minimum absolute atomic E-state index is 0.586. The number of rotatable bonds is 2. The normalized spacial score (nSPS) is 9.93. The van der Waals surface area contributed by atoms with Gasteiger partial charge in [-0.2, -0.15) is 0 Å². The van der Waals surface area contributed by atoms with Crippen molar-refractivity contribution in [1.82, 2.24) is 9.97 Å². The fourth-order valence-electron chi connectivity index (χ4n) is 1.43. The maximum Gasteiger partial charge on any atom is 0.147 e. The van der Waals surface area contributed by atoms with Crippen LogP contribution in [0.15, 0.2) is 36.9 Å². The summed E-state index contributed by atoms with van der Waals surface area (Å²) in [5, 5.41) is 0. The van der Waals surface area contributed by atoms with E-state index in [9.17, 15) is 0 Å². The number of hydrogen-bond acceptors (Lipinski definition) is 4. The van der Waals surface area contributed by atoms with Crippen LogP contribution in [-0.4, -0.2) is 17.1 Å². The summed E-state index contributed by atoms with van der Waals surface area (Å²) >= 11 is 0. The monoisotopic (exact) mass is 201 g/mol. The third-order valence-corrected chi connectivity index (χ3v) is 2.11. The fraction of sp³-hybridized carbons (Fsp3) is 0.0909. The lowest BCUT2D eigenvalue weighted by atomic mass is 10.1. The molecule has 4 nitrogen and oxygen atoms in total. The molecule has 2 aromatic heterocycles. The molecule has 2 heterocycles. The molecule has 2 rings (SSSR count). The minimum atomic E-state index is 0.586. The first kappa shape index (κ1) is 9.45. The topological polar surface area (TPSA) is 61.0 Å². The Hall–Kier alpha value is -2.10. The van der Waals surface area contributed by atoms with Gasteiger partial charge in [0.05, 0.1) is 30.8 Å². The second-order valence-electron chi connectivity index (χ2n) is 3.05. The minimum Gasteiger partial charge on any atom is -0.494 e. The molecule has 0 unspecified atom stereocenters. The molecule has 0 saturated heterocycles. The summed E-state index contributed by atoms with van der Waals surface area (Å²) in [6, 6.07) is 3.79. The number of hydrogen-bond donors (Lipinski definition) is 1. The molecule has 0 aliphatic rings. The number of methoxy groups -OCH3 is 1. The average Bonchev–Trinajstić information content (AvgIpc) is 2.29. The predicted molar refractivity (Wildman–Crippen MR) is 58.4 cm³/mol. The van der Waals surface area contributed by atoms with Crippen LogP contribution >= 0.6 is 0 Å². The van der Waals surface area contributed by atoms with Gasteiger partial charge in [-0.15, -0.1) is 0 Å². The molecule has 0 radical (unpaired) electrons. The van der Waals surface area contributed by atoms with Crippen molar-refractivity contribution < 1.29 is 4.74 Å². The summed E-state index contributed by atoms with van der Waals surface area (Å²) in [6.07, 6.45) is 6.70. The van der Waals surface area contributed by atoms with Crippen LogP contribution in [0.3, 0.4) is 0 Å². The lowest BCUT2D eigenvalue weighted by molar-refractivity contribution is 0.415. The maximum atomic E-state index is 5.86. The van der Waals surface area contributed by atoms with Gasteiger partial charge in [0, 0.05) is 18.0 Å². The van der Waals surface area contributed by atoms with Gasteiger partial charge < -0.3 is 10.5 Å². The maximum absolute atomic E-state index is 5.86. The number of nitrogens with zero attached hydrogens (tertiary/aromatic N) is 2. The molecule has 0 aliphatic carbocycles. The largest absolute Gasteiger partial charge is 0.494 e. The number of anilines is 1. The van der Waals surface area contributed by atoms with E-state index in [-0.39, 0.29) is 0 Å². The molecule has 0 atom stereocenters. The smallest absolute Gasteiger partial charge is 0.147 e. The van der Waals surface area contributed by atoms with Gasteiger partial charge in [0.2, 0.25) is 0 Å². The molecule has 4 heteroatoms. The van der Waals surface area contributed by atoms with Gasteiger partial charge in [-0.05, 0) is 6.07 Å². The number of ether oxygens (including phenoxy) is 1. The summed E-state index contributed by atoms with van der Waals surface area (Å²) in [5.41, 5.74) is 8.20. The van der Waals surface area contributed by atoms with Crippen molar-refractivity contribution >= 4 is 5.69 Å². The van der Waals surface area contributed by atoms with Crippen LogP contribution in [0.4, 0.5) is 5.69 Å². The highest BCUT2D eigenvalue weighted by Crippen LogP contribution is 2.33. The van der Waals surface area contributed by atoms with Crippen LogP contribution < -0.4 is 10.5 Å². The molecule has 15 heavy (non-hydrogen) atoms. The van der Waals surface area contributed by atoms with Gasteiger partial charge in [-0.1, -0.05) is 6.07 Å². The van der Waals surface area contributed by atoms with E-state index < -0.39 is 0 Å². The van der Waals surface area contributed by atoms with Gasteiger partial charge in [0.25, 0.3) is 0 Å². The standard InChI is InChI=1S/C11H11N3O/c1-15-10-7-14-6-9(12)11(10)8-3-2-4-13-5-8/h2-7H,12H2,1H3. The molecule has 0 spiro atoms. The van der Waals surface area contributed by atoms with E-state index in [1.807, 2.05) is 12.1 Å². The number of aromatic nitrogens is 2. The zero-order valence-corrected chi connectivity index (χ0v) is 8.34. The summed E-state index contributed by atoms with van der Waals surface area (Å²) in [4.78, 5) is 8.02. The summed E-state index contributed by atoms with van der Waals surface area (Å²) in [7, 11) is 1.59. The van der Waals surface area contributed by atoms with Gasteiger partial charge in [-0.25, -0.2) is 0 Å². The SMILES string of the molecule is COc1cncc(N)c1-c1cccnc1. The molecular weight excluding hydrogens is 190 g/mol. The summed E-state index contributed by atoms with van der Waals surface area (Å²) in [5.74, 6) is 0.656. The lowest BCUT2D eigenvalue weighted by Gasteiger charge is -2.09. The Labute approximate surface area is 87.7 Å². The molecule has 2 aromatic rings. The first-order chi connectivity index (χ1) is 7.33. The van der Waals surface area contributed by atoms with Gasteiger partial charge >= 0.3 is 0 Å². The van der Waals surface area contributed by atoms with E-state index in [4.69, 9.17) is 10.5 Å². The highest BCUT2D eigenvalue weighted by atomic mass is 16.5. The number of nitrogens with two attached hydrogens (primary N) is 1. The summed E-state index contributed by atoms with van der Waals surface area (Å²) in [6.45, 7) is 0. The summed E-state index contributed by atoms with van der Waals surface area (Å²) < 4.78 is 5.21. The van der Waals surface area contributed by atoms with Crippen LogP contribution in [0.5, 0.6) is 5.75 Å². The van der Waals surface area contributed by atoms with Gasteiger partial charge in [0.1, 0.15) is 5.75 Å². The van der Waals surface area contributed by atoms with E-state index in [2.05, 4.69) is 9.97 Å². The molecule has 0 aromatic carbocycles. The molecule has 0 amide bonds. The van der Waals surface area contributed by atoms with E-state index in [1.54, 1.807) is 31.9 Å². The third-order valence-electron chi connectivity index (χ3n) is 2.11. The second kappa shape index (κ2) is 3.96. The van der Waals surface area contributed by atoms with Crippen molar-refractivity contribution in [3.05, 3.63) is 36.9 Å². The average molecular weight is 201 g/mol. The highest BCUT2D eigenvalue weighted by molar-refractivity contribution is 5.80. The van der Waals surface area contributed by atoms with E-state index in [0.29, 0.717) is 11.4 Å². The van der Waals surface area contributed by atoms with E-state index in [1.165, 1.54) is 0 Å². The van der Waals surface area contributed by atoms with E-state index >= 15 is 0 Å². The first-order valence-electron chi connectivity index (χ1n) is 4.51. The molecule has 0 fully saturated rings. The van der Waals surface area contributed by atoms with Gasteiger partial charge in [-0.3, -0.25) is 9.97 Å². The van der Waals surface area contributed by atoms with Crippen molar-refractivity contribution in [3.63, 3.8) is 0 Å². The molecular formula is C11H11N3O. The molecule has 76 valence electrons. The number of pyridine rings is 2. The van der Waals surface area contributed by atoms with Crippen molar-refractivity contribution in [2.75, 3.05) is 12.8 Å². The van der Waals surface area contributed by atoms with Crippen LogP contribution in [0.25, 0.3) is 11.1 Å². The molecule has 0 aliphatic heterocycles. The zero-order valence-electron chi connectivity index (χ0n) is 8.34. The number of nitrogen functional groups attached to an aromatic ring is 1. The van der Waals surface area contributed by atoms with Crippen molar-refractivity contribution in [1.29, 1.82) is 0 Å². The highest BCUT2D eigenvalue weighted by Gasteiger charge is 2.09. The van der Waals surface area contributed by atoms with Crippen LogP contribution in [0, 0.1) is 0 Å².